The van der Waals surface area contributed by atoms with Crippen LogP contribution in [-0.4, -0.2) is 41.6 Å². The maximum Gasteiger partial charge on any atom is 0.293 e. The van der Waals surface area contributed by atoms with Gasteiger partial charge in [-0.15, -0.1) is 0 Å². The number of benzene rings is 2. The van der Waals surface area contributed by atoms with Crippen LogP contribution in [0.25, 0.3) is 6.08 Å². The quantitative estimate of drug-likeness (QED) is 0.723. The first kappa shape index (κ1) is 19.6. The summed E-state index contributed by atoms with van der Waals surface area (Å²) in [6, 6.07) is 14.5. The van der Waals surface area contributed by atoms with Gasteiger partial charge in [0.2, 0.25) is 0 Å². The second-order valence-corrected chi connectivity index (χ2v) is 6.83. The average Bonchev–Trinajstić information content (AvgIpc) is 2.95. The molecule has 0 aliphatic carbocycles. The fraction of sp³-hybridized carbons (Fsp3) is 0.150. The number of thioether (sulfide) groups is 1. The van der Waals surface area contributed by atoms with E-state index in [0.29, 0.717) is 10.7 Å². The molecule has 2 aromatic rings. The van der Waals surface area contributed by atoms with Crippen LogP contribution in [0.3, 0.4) is 0 Å². The highest BCUT2D eigenvalue weighted by atomic mass is 32.2. The minimum absolute atomic E-state index is 0.0685. The maximum atomic E-state index is 12.8. The topological polar surface area (TPSA) is 75.7 Å². The first-order chi connectivity index (χ1) is 13.5. The van der Waals surface area contributed by atoms with E-state index in [-0.39, 0.29) is 30.8 Å². The summed E-state index contributed by atoms with van der Waals surface area (Å²) in [6.07, 6.45) is 1.67. The third-order valence-electron chi connectivity index (χ3n) is 3.81. The molecule has 1 aliphatic heterocycles. The molecule has 0 unspecified atom stereocenters. The zero-order valence-corrected chi connectivity index (χ0v) is 15.6. The molecule has 0 spiro atoms. The number of nitrogens with one attached hydrogen (secondary N) is 1. The molecule has 1 heterocycles. The van der Waals surface area contributed by atoms with Gasteiger partial charge in [-0.2, -0.15) is 0 Å². The largest absolute Gasteiger partial charge is 0.484 e. The first-order valence-electron chi connectivity index (χ1n) is 8.48. The van der Waals surface area contributed by atoms with Crippen LogP contribution < -0.4 is 10.1 Å². The van der Waals surface area contributed by atoms with Gasteiger partial charge in [-0.25, -0.2) is 4.39 Å². The summed E-state index contributed by atoms with van der Waals surface area (Å²) in [7, 11) is 0. The summed E-state index contributed by atoms with van der Waals surface area (Å²) < 4.78 is 18.0. The monoisotopic (exact) mass is 400 g/mol. The van der Waals surface area contributed by atoms with E-state index < -0.39 is 11.7 Å². The van der Waals surface area contributed by atoms with E-state index in [2.05, 4.69) is 5.32 Å². The molecule has 6 nitrogen and oxygen atoms in total. The van der Waals surface area contributed by atoms with Crippen LogP contribution in [0.15, 0.2) is 59.5 Å². The van der Waals surface area contributed by atoms with Gasteiger partial charge in [-0.3, -0.25) is 19.3 Å². The summed E-state index contributed by atoms with van der Waals surface area (Å²) in [5, 5.41) is 2.21. The molecule has 0 aromatic heterocycles. The Kier molecular flexibility index (Phi) is 6.44. The summed E-state index contributed by atoms with van der Waals surface area (Å²) in [5.41, 5.74) is 0.833. The van der Waals surface area contributed by atoms with Gasteiger partial charge in [-0.05, 0) is 47.7 Å². The van der Waals surface area contributed by atoms with Crippen LogP contribution in [-0.2, 0) is 9.59 Å². The van der Waals surface area contributed by atoms with Crippen molar-refractivity contribution in [2.45, 2.75) is 0 Å². The number of halogens is 1. The van der Waals surface area contributed by atoms with Gasteiger partial charge in [0.25, 0.3) is 17.1 Å². The van der Waals surface area contributed by atoms with Crippen molar-refractivity contribution in [2.24, 2.45) is 0 Å². The number of amides is 3. The van der Waals surface area contributed by atoms with Gasteiger partial charge < -0.3 is 10.1 Å². The number of imide groups is 1. The molecule has 28 heavy (non-hydrogen) atoms. The van der Waals surface area contributed by atoms with Crippen molar-refractivity contribution >= 4 is 34.9 Å². The van der Waals surface area contributed by atoms with Crippen molar-refractivity contribution in [3.8, 4) is 5.75 Å². The number of carbonyl (C=O) groups is 3. The molecule has 0 bridgehead atoms. The molecular formula is C20H17FN2O4S. The lowest BCUT2D eigenvalue weighted by Crippen LogP contribution is -2.38. The SMILES string of the molecule is O=C(COc1ccc(F)cc1)NCCN1C(=O)S/C(=C\c2ccccc2)C1=O. The molecule has 144 valence electrons. The van der Waals surface area contributed by atoms with Crippen molar-refractivity contribution in [3.05, 3.63) is 70.9 Å². The molecular weight excluding hydrogens is 383 g/mol. The maximum absolute atomic E-state index is 12.8. The first-order valence-corrected chi connectivity index (χ1v) is 9.30. The molecule has 1 fully saturated rings. The smallest absolute Gasteiger partial charge is 0.293 e. The standard InChI is InChI=1S/C20H17FN2O4S/c21-15-6-8-16(9-7-15)27-13-18(24)22-10-11-23-19(25)17(28-20(23)26)12-14-4-2-1-3-5-14/h1-9,12H,10-11,13H2,(H,22,24)/b17-12-. The molecule has 1 N–H and O–H groups in total. The van der Waals surface area contributed by atoms with Crippen LogP contribution in [0, 0.1) is 5.82 Å². The van der Waals surface area contributed by atoms with Crippen LogP contribution in [0.5, 0.6) is 5.75 Å². The van der Waals surface area contributed by atoms with E-state index in [1.54, 1.807) is 6.08 Å². The Morgan fingerprint density at radius 2 is 1.82 bits per heavy atom. The van der Waals surface area contributed by atoms with E-state index in [4.69, 9.17) is 4.74 Å². The van der Waals surface area contributed by atoms with Gasteiger partial charge >= 0.3 is 0 Å². The molecule has 1 aliphatic rings. The number of carbonyl (C=O) groups excluding carboxylic acids is 3. The molecule has 0 radical (unpaired) electrons. The lowest BCUT2D eigenvalue weighted by Gasteiger charge is -2.13. The summed E-state index contributed by atoms with van der Waals surface area (Å²) in [6.45, 7) is -0.0667. The van der Waals surface area contributed by atoms with Gasteiger partial charge in [0.15, 0.2) is 6.61 Å². The van der Waals surface area contributed by atoms with E-state index in [9.17, 15) is 18.8 Å². The highest BCUT2D eigenvalue weighted by Crippen LogP contribution is 2.31. The summed E-state index contributed by atoms with van der Waals surface area (Å²) >= 11 is 0.875. The molecule has 8 heteroatoms. The number of hydrogen-bond donors (Lipinski definition) is 1. The predicted octanol–water partition coefficient (Wildman–Crippen LogP) is 3.06. The minimum atomic E-state index is -0.406. The van der Waals surface area contributed by atoms with Crippen LogP contribution in [0.4, 0.5) is 9.18 Å². The van der Waals surface area contributed by atoms with Crippen LogP contribution in [0.1, 0.15) is 5.56 Å². The average molecular weight is 400 g/mol. The molecule has 0 saturated carbocycles. The molecule has 3 rings (SSSR count). The summed E-state index contributed by atoms with van der Waals surface area (Å²) in [5.74, 6) is -0.810. The van der Waals surface area contributed by atoms with Gasteiger partial charge in [-0.1, -0.05) is 30.3 Å². The predicted molar refractivity (Wildman–Crippen MR) is 104 cm³/mol. The van der Waals surface area contributed by atoms with Crippen LogP contribution >= 0.6 is 11.8 Å². The third-order valence-corrected chi connectivity index (χ3v) is 4.72. The van der Waals surface area contributed by atoms with Gasteiger partial charge in [0, 0.05) is 13.1 Å². The fourth-order valence-corrected chi connectivity index (χ4v) is 3.30. The normalized spacial score (nSPS) is 15.2. The van der Waals surface area contributed by atoms with Crippen molar-refractivity contribution in [2.75, 3.05) is 19.7 Å². The highest BCUT2D eigenvalue weighted by molar-refractivity contribution is 8.18. The second-order valence-electron chi connectivity index (χ2n) is 5.84. The Balaban J connectivity index is 1.46. The number of rotatable bonds is 7. The van der Waals surface area contributed by atoms with Crippen molar-refractivity contribution < 1.29 is 23.5 Å². The molecule has 1 saturated heterocycles. The van der Waals surface area contributed by atoms with Gasteiger partial charge in [0.1, 0.15) is 11.6 Å². The zero-order chi connectivity index (χ0) is 19.9. The number of nitrogens with zero attached hydrogens (tertiary/aromatic N) is 1. The van der Waals surface area contributed by atoms with E-state index >= 15 is 0 Å². The van der Waals surface area contributed by atoms with E-state index in [1.807, 2.05) is 30.3 Å². The molecule has 0 atom stereocenters. The molecule has 2 aromatic carbocycles. The van der Waals surface area contributed by atoms with E-state index in [0.717, 1.165) is 22.2 Å². The minimum Gasteiger partial charge on any atom is -0.484 e. The molecule has 3 amide bonds. The highest BCUT2D eigenvalue weighted by Gasteiger charge is 2.34. The Hall–Kier alpha value is -3.13. The third kappa shape index (κ3) is 5.20. The lowest BCUT2D eigenvalue weighted by atomic mass is 10.2. The number of hydrogen-bond acceptors (Lipinski definition) is 5. The van der Waals surface area contributed by atoms with Crippen LogP contribution in [0.2, 0.25) is 0 Å². The lowest BCUT2D eigenvalue weighted by molar-refractivity contribution is -0.125. The fourth-order valence-electron chi connectivity index (χ4n) is 2.43. The Morgan fingerprint density at radius 3 is 2.54 bits per heavy atom. The Morgan fingerprint density at radius 1 is 1.11 bits per heavy atom. The van der Waals surface area contributed by atoms with Crippen molar-refractivity contribution in [1.29, 1.82) is 0 Å². The number of ether oxygens (including phenoxy) is 1. The summed E-state index contributed by atoms with van der Waals surface area (Å²) in [4.78, 5) is 37.7. The van der Waals surface area contributed by atoms with E-state index in [1.165, 1.54) is 24.3 Å². The van der Waals surface area contributed by atoms with Crippen molar-refractivity contribution in [3.63, 3.8) is 0 Å². The zero-order valence-electron chi connectivity index (χ0n) is 14.8. The second kappa shape index (κ2) is 9.18. The Bertz CT molecular complexity index is 900. The Labute approximate surface area is 165 Å². The van der Waals surface area contributed by atoms with Crippen molar-refractivity contribution in [1.82, 2.24) is 10.2 Å². The van der Waals surface area contributed by atoms with Gasteiger partial charge in [0.05, 0.1) is 4.91 Å².